The number of methoxy groups -OCH3 is 1. The van der Waals surface area contributed by atoms with Crippen LogP contribution >= 0.6 is 23.4 Å². The standard InChI is InChI=1S/C20H21ClN2O2S/c1-3-5-14-6-9-18(19(12-14)24-2)25-10-4-11-26-20-22-16-8-7-15(21)13-17(16)23-20/h3,5-9,12-13H,4,10-11H2,1-2H3,(H,22,23)/b5-3+. The second-order valence-corrected chi connectivity index (χ2v) is 7.18. The maximum atomic E-state index is 6.00. The Morgan fingerprint density at radius 2 is 2.08 bits per heavy atom. The van der Waals surface area contributed by atoms with E-state index in [-0.39, 0.29) is 0 Å². The fraction of sp³-hybridized carbons (Fsp3) is 0.250. The van der Waals surface area contributed by atoms with Crippen LogP contribution in [0.3, 0.4) is 0 Å². The summed E-state index contributed by atoms with van der Waals surface area (Å²) in [5.74, 6) is 2.43. The molecule has 1 N–H and O–H groups in total. The average Bonchev–Trinajstić information content (AvgIpc) is 3.04. The van der Waals surface area contributed by atoms with Crippen molar-refractivity contribution in [2.24, 2.45) is 0 Å². The Balaban J connectivity index is 1.49. The quantitative estimate of drug-likeness (QED) is 0.390. The predicted octanol–water partition coefficient (Wildman–Crippen LogP) is 5.82. The molecule has 0 spiro atoms. The summed E-state index contributed by atoms with van der Waals surface area (Å²) < 4.78 is 11.3. The zero-order valence-electron chi connectivity index (χ0n) is 14.8. The molecule has 0 saturated heterocycles. The lowest BCUT2D eigenvalue weighted by Crippen LogP contribution is -2.00. The molecule has 3 rings (SSSR count). The van der Waals surface area contributed by atoms with Gasteiger partial charge < -0.3 is 14.5 Å². The fourth-order valence-corrected chi connectivity index (χ4v) is 3.51. The number of allylic oxidation sites excluding steroid dienone is 1. The topological polar surface area (TPSA) is 47.1 Å². The molecule has 0 aliphatic heterocycles. The summed E-state index contributed by atoms with van der Waals surface area (Å²) in [7, 11) is 1.66. The van der Waals surface area contributed by atoms with Crippen LogP contribution in [0.1, 0.15) is 18.9 Å². The van der Waals surface area contributed by atoms with Gasteiger partial charge in [-0.05, 0) is 49.2 Å². The summed E-state index contributed by atoms with van der Waals surface area (Å²) >= 11 is 7.67. The van der Waals surface area contributed by atoms with Gasteiger partial charge in [-0.2, -0.15) is 0 Å². The van der Waals surface area contributed by atoms with Gasteiger partial charge >= 0.3 is 0 Å². The maximum Gasteiger partial charge on any atom is 0.166 e. The van der Waals surface area contributed by atoms with Gasteiger partial charge in [0, 0.05) is 10.8 Å². The van der Waals surface area contributed by atoms with Gasteiger partial charge in [0.25, 0.3) is 0 Å². The molecule has 0 fully saturated rings. The van der Waals surface area contributed by atoms with E-state index in [0.29, 0.717) is 11.6 Å². The van der Waals surface area contributed by atoms with E-state index in [9.17, 15) is 0 Å². The lowest BCUT2D eigenvalue weighted by molar-refractivity contribution is 0.295. The molecule has 0 bridgehead atoms. The summed E-state index contributed by atoms with van der Waals surface area (Å²) in [6, 6.07) is 11.6. The first-order chi connectivity index (χ1) is 12.7. The number of aromatic nitrogens is 2. The Morgan fingerprint density at radius 3 is 2.88 bits per heavy atom. The average molecular weight is 389 g/mol. The van der Waals surface area contributed by atoms with Gasteiger partial charge in [-0.1, -0.05) is 41.6 Å². The Hall–Kier alpha value is -2.11. The predicted molar refractivity (Wildman–Crippen MR) is 110 cm³/mol. The third-order valence-corrected chi connectivity index (χ3v) is 4.95. The highest BCUT2D eigenvalue weighted by Crippen LogP contribution is 2.29. The second kappa shape index (κ2) is 9.01. The van der Waals surface area contributed by atoms with E-state index in [0.717, 1.165) is 45.4 Å². The molecule has 0 radical (unpaired) electrons. The second-order valence-electron chi connectivity index (χ2n) is 5.66. The third-order valence-electron chi connectivity index (χ3n) is 3.75. The number of fused-ring (bicyclic) bond motifs is 1. The number of hydrogen-bond acceptors (Lipinski definition) is 4. The normalized spacial score (nSPS) is 11.3. The van der Waals surface area contributed by atoms with Crippen molar-refractivity contribution in [3.63, 3.8) is 0 Å². The van der Waals surface area contributed by atoms with Gasteiger partial charge in [0.05, 0.1) is 24.8 Å². The Kier molecular flexibility index (Phi) is 6.47. The minimum atomic E-state index is 0.623. The largest absolute Gasteiger partial charge is 0.493 e. The molecule has 0 unspecified atom stereocenters. The van der Waals surface area contributed by atoms with Crippen LogP contribution in [0.5, 0.6) is 11.5 Å². The number of nitrogens with one attached hydrogen (secondary N) is 1. The molecule has 1 aromatic heterocycles. The zero-order chi connectivity index (χ0) is 18.4. The summed E-state index contributed by atoms with van der Waals surface area (Å²) in [4.78, 5) is 7.83. The van der Waals surface area contributed by atoms with Crippen LogP contribution in [-0.4, -0.2) is 29.4 Å². The summed E-state index contributed by atoms with van der Waals surface area (Å²) in [5, 5.41) is 1.61. The highest BCUT2D eigenvalue weighted by molar-refractivity contribution is 7.99. The van der Waals surface area contributed by atoms with E-state index >= 15 is 0 Å². The molecule has 2 aromatic carbocycles. The molecule has 0 amide bonds. The minimum Gasteiger partial charge on any atom is -0.493 e. The van der Waals surface area contributed by atoms with Gasteiger partial charge in [0.15, 0.2) is 16.7 Å². The van der Waals surface area contributed by atoms with Crippen molar-refractivity contribution < 1.29 is 9.47 Å². The van der Waals surface area contributed by atoms with Gasteiger partial charge in [0.1, 0.15) is 0 Å². The van der Waals surface area contributed by atoms with Gasteiger partial charge in [-0.25, -0.2) is 4.98 Å². The maximum absolute atomic E-state index is 6.00. The number of halogens is 1. The number of rotatable bonds is 8. The highest BCUT2D eigenvalue weighted by atomic mass is 35.5. The number of benzene rings is 2. The van der Waals surface area contributed by atoms with Crippen molar-refractivity contribution in [2.45, 2.75) is 18.5 Å². The molecule has 136 valence electrons. The van der Waals surface area contributed by atoms with E-state index in [2.05, 4.69) is 9.97 Å². The number of ether oxygens (including phenoxy) is 2. The van der Waals surface area contributed by atoms with Crippen molar-refractivity contribution in [1.29, 1.82) is 0 Å². The molecule has 26 heavy (non-hydrogen) atoms. The van der Waals surface area contributed by atoms with E-state index in [1.54, 1.807) is 18.9 Å². The number of H-pyrrole nitrogens is 1. The molecule has 0 aliphatic carbocycles. The third kappa shape index (κ3) is 4.74. The first-order valence-electron chi connectivity index (χ1n) is 8.41. The van der Waals surface area contributed by atoms with Gasteiger partial charge in [0.2, 0.25) is 0 Å². The smallest absolute Gasteiger partial charge is 0.166 e. The summed E-state index contributed by atoms with van der Waals surface area (Å²) in [6.07, 6.45) is 4.93. The lowest BCUT2D eigenvalue weighted by atomic mass is 10.2. The molecular formula is C20H21ClN2O2S. The zero-order valence-corrected chi connectivity index (χ0v) is 16.4. The summed E-state index contributed by atoms with van der Waals surface area (Å²) in [6.45, 7) is 2.61. The number of aromatic amines is 1. The molecule has 4 nitrogen and oxygen atoms in total. The van der Waals surface area contributed by atoms with Crippen LogP contribution in [0.2, 0.25) is 5.02 Å². The van der Waals surface area contributed by atoms with Crippen molar-refractivity contribution in [3.8, 4) is 11.5 Å². The highest BCUT2D eigenvalue weighted by Gasteiger charge is 2.06. The van der Waals surface area contributed by atoms with Gasteiger partial charge in [-0.3, -0.25) is 0 Å². The molecule has 3 aromatic rings. The van der Waals surface area contributed by atoms with E-state index < -0.39 is 0 Å². The Labute approximate surface area is 162 Å². The van der Waals surface area contributed by atoms with E-state index in [4.69, 9.17) is 21.1 Å². The van der Waals surface area contributed by atoms with Crippen LogP contribution in [0, 0.1) is 0 Å². The van der Waals surface area contributed by atoms with Crippen LogP contribution < -0.4 is 9.47 Å². The van der Waals surface area contributed by atoms with Crippen molar-refractivity contribution >= 4 is 40.5 Å². The minimum absolute atomic E-state index is 0.623. The Morgan fingerprint density at radius 1 is 1.19 bits per heavy atom. The fourth-order valence-electron chi connectivity index (χ4n) is 2.54. The van der Waals surface area contributed by atoms with Crippen molar-refractivity contribution in [3.05, 3.63) is 53.1 Å². The van der Waals surface area contributed by atoms with E-state index in [1.165, 1.54) is 0 Å². The number of hydrogen-bond donors (Lipinski definition) is 1. The number of thioether (sulfide) groups is 1. The summed E-state index contributed by atoms with van der Waals surface area (Å²) in [5.41, 5.74) is 2.98. The first-order valence-corrected chi connectivity index (χ1v) is 9.77. The monoisotopic (exact) mass is 388 g/mol. The van der Waals surface area contributed by atoms with Gasteiger partial charge in [-0.15, -0.1) is 0 Å². The number of imidazole rings is 1. The van der Waals surface area contributed by atoms with Crippen LogP contribution in [-0.2, 0) is 0 Å². The van der Waals surface area contributed by atoms with Crippen LogP contribution in [0.4, 0.5) is 0 Å². The molecular weight excluding hydrogens is 368 g/mol. The SMILES string of the molecule is C/C=C/c1ccc(OCCCSc2nc3ccc(Cl)cc3[nH]2)c(OC)c1. The Bertz CT molecular complexity index is 908. The molecule has 0 aliphatic rings. The first kappa shape index (κ1) is 18.7. The van der Waals surface area contributed by atoms with Crippen LogP contribution in [0.25, 0.3) is 17.1 Å². The van der Waals surface area contributed by atoms with Crippen molar-refractivity contribution in [2.75, 3.05) is 19.5 Å². The molecule has 0 atom stereocenters. The lowest BCUT2D eigenvalue weighted by Gasteiger charge is -2.11. The molecule has 6 heteroatoms. The number of nitrogens with zero attached hydrogens (tertiary/aromatic N) is 1. The van der Waals surface area contributed by atoms with Crippen molar-refractivity contribution in [1.82, 2.24) is 9.97 Å². The van der Waals surface area contributed by atoms with E-state index in [1.807, 2.05) is 55.5 Å². The molecule has 1 heterocycles. The van der Waals surface area contributed by atoms with Crippen LogP contribution in [0.15, 0.2) is 47.6 Å². The molecule has 0 saturated carbocycles.